The number of aryl methyl sites for hydroxylation is 1. The minimum atomic E-state index is 0.277. The maximum absolute atomic E-state index is 7.41. The number of H-pyrrole nitrogens is 1. The van der Waals surface area contributed by atoms with Crippen LogP contribution in [0.5, 0.6) is 0 Å². The van der Waals surface area contributed by atoms with E-state index < -0.39 is 0 Å². The van der Waals surface area contributed by atoms with Crippen molar-refractivity contribution < 1.29 is 9.15 Å². The summed E-state index contributed by atoms with van der Waals surface area (Å²) >= 11 is 0. The van der Waals surface area contributed by atoms with Crippen LogP contribution in [0.4, 0.5) is 0 Å². The van der Waals surface area contributed by atoms with E-state index in [2.05, 4.69) is 10.2 Å². The number of aromatic amines is 1. The van der Waals surface area contributed by atoms with Crippen molar-refractivity contribution in [3.05, 3.63) is 30.4 Å². The maximum atomic E-state index is 7.41. The lowest BCUT2D eigenvalue weighted by Crippen LogP contribution is -2.01. The number of hydrogen-bond donors (Lipinski definition) is 2. The first-order valence-electron chi connectivity index (χ1n) is 4.97. The van der Waals surface area contributed by atoms with Gasteiger partial charge >= 0.3 is 0 Å². The van der Waals surface area contributed by atoms with Crippen LogP contribution in [0.2, 0.25) is 0 Å². The maximum Gasteiger partial charge on any atom is 0.180 e. The Kier molecular flexibility index (Phi) is 3.05. The van der Waals surface area contributed by atoms with E-state index in [0.717, 1.165) is 23.2 Å². The third-order valence-corrected chi connectivity index (χ3v) is 2.40. The number of aromatic nitrogens is 2. The minimum absolute atomic E-state index is 0.277. The van der Waals surface area contributed by atoms with Crippen molar-refractivity contribution >= 4 is 5.90 Å². The van der Waals surface area contributed by atoms with Crippen molar-refractivity contribution in [2.75, 3.05) is 7.11 Å². The summed E-state index contributed by atoms with van der Waals surface area (Å²) in [5, 5.41) is 14.3. The summed E-state index contributed by atoms with van der Waals surface area (Å²) in [6, 6.07) is 1.87. The summed E-state index contributed by atoms with van der Waals surface area (Å²) in [5.41, 5.74) is 2.97. The summed E-state index contributed by atoms with van der Waals surface area (Å²) in [6.45, 7) is 0. The lowest BCUT2D eigenvalue weighted by molar-refractivity contribution is 0.386. The molecule has 0 saturated heterocycles. The van der Waals surface area contributed by atoms with Gasteiger partial charge < -0.3 is 9.15 Å². The van der Waals surface area contributed by atoms with E-state index in [1.54, 1.807) is 18.7 Å². The summed E-state index contributed by atoms with van der Waals surface area (Å²) < 4.78 is 9.84. The molecule has 2 aromatic heterocycles. The van der Waals surface area contributed by atoms with Crippen molar-refractivity contribution in [1.82, 2.24) is 10.2 Å². The Morgan fingerprint density at radius 3 is 3.19 bits per heavy atom. The highest BCUT2D eigenvalue weighted by Gasteiger charge is 2.09. The van der Waals surface area contributed by atoms with Crippen LogP contribution < -0.4 is 0 Å². The Labute approximate surface area is 92.9 Å². The van der Waals surface area contributed by atoms with Gasteiger partial charge in [-0.25, -0.2) is 0 Å². The van der Waals surface area contributed by atoms with Crippen molar-refractivity contribution in [2.24, 2.45) is 0 Å². The molecule has 5 nitrogen and oxygen atoms in total. The lowest BCUT2D eigenvalue weighted by atomic mass is 10.1. The molecule has 0 fully saturated rings. The first-order valence-corrected chi connectivity index (χ1v) is 4.97. The van der Waals surface area contributed by atoms with Crippen molar-refractivity contribution in [2.45, 2.75) is 12.8 Å². The van der Waals surface area contributed by atoms with Gasteiger partial charge in [-0.15, -0.1) is 0 Å². The molecule has 84 valence electrons. The van der Waals surface area contributed by atoms with Gasteiger partial charge in [0.05, 0.1) is 31.5 Å². The van der Waals surface area contributed by atoms with E-state index in [-0.39, 0.29) is 5.90 Å². The highest BCUT2D eigenvalue weighted by atomic mass is 16.5. The average Bonchev–Trinajstić information content (AvgIpc) is 2.95. The number of ether oxygens (including phenoxy) is 1. The third-order valence-electron chi connectivity index (χ3n) is 2.40. The predicted octanol–water partition coefficient (Wildman–Crippen LogP) is 2.23. The standard InChI is InChI=1S/C11H13N3O2/c1-15-10(12)3-2-8-6-13-14-11(8)9-4-5-16-7-9/h4-7,12H,2-3H2,1H3,(H,13,14). The van der Waals surface area contributed by atoms with Gasteiger partial charge in [0.2, 0.25) is 0 Å². The Balaban J connectivity index is 2.11. The van der Waals surface area contributed by atoms with Crippen molar-refractivity contribution in [3.63, 3.8) is 0 Å². The number of nitrogens with one attached hydrogen (secondary N) is 2. The van der Waals surface area contributed by atoms with E-state index in [0.29, 0.717) is 6.42 Å². The highest BCUT2D eigenvalue weighted by Crippen LogP contribution is 2.22. The molecule has 2 N–H and O–H groups in total. The van der Waals surface area contributed by atoms with Crippen LogP contribution in [0.15, 0.2) is 29.2 Å². The zero-order valence-electron chi connectivity index (χ0n) is 8.99. The Morgan fingerprint density at radius 2 is 2.50 bits per heavy atom. The molecule has 0 amide bonds. The molecule has 5 heteroatoms. The van der Waals surface area contributed by atoms with Crippen LogP contribution in [0, 0.1) is 5.41 Å². The van der Waals surface area contributed by atoms with Crippen LogP contribution in [0.1, 0.15) is 12.0 Å². The molecule has 2 heterocycles. The van der Waals surface area contributed by atoms with Crippen LogP contribution in [0.25, 0.3) is 11.3 Å². The van der Waals surface area contributed by atoms with Gasteiger partial charge in [0.25, 0.3) is 0 Å². The topological polar surface area (TPSA) is 74.9 Å². The van der Waals surface area contributed by atoms with Gasteiger partial charge in [0, 0.05) is 12.0 Å². The van der Waals surface area contributed by atoms with Crippen LogP contribution in [0.3, 0.4) is 0 Å². The largest absolute Gasteiger partial charge is 0.484 e. The van der Waals surface area contributed by atoms with Gasteiger partial charge in [0.15, 0.2) is 5.90 Å². The molecule has 2 aromatic rings. The molecule has 0 bridgehead atoms. The first-order chi connectivity index (χ1) is 7.81. The average molecular weight is 219 g/mol. The van der Waals surface area contributed by atoms with Gasteiger partial charge in [-0.2, -0.15) is 5.10 Å². The van der Waals surface area contributed by atoms with Gasteiger partial charge in [0.1, 0.15) is 0 Å². The van der Waals surface area contributed by atoms with Crippen LogP contribution in [-0.4, -0.2) is 23.2 Å². The second kappa shape index (κ2) is 4.65. The van der Waals surface area contributed by atoms with Gasteiger partial charge in [-0.3, -0.25) is 10.5 Å². The molecule has 2 rings (SSSR count). The molecule has 0 atom stereocenters. The summed E-state index contributed by atoms with van der Waals surface area (Å²) in [4.78, 5) is 0. The number of nitrogens with zero attached hydrogens (tertiary/aromatic N) is 1. The molecule has 16 heavy (non-hydrogen) atoms. The number of hydrogen-bond acceptors (Lipinski definition) is 4. The van der Waals surface area contributed by atoms with E-state index in [1.165, 1.54) is 7.11 Å². The second-order valence-electron chi connectivity index (χ2n) is 3.41. The minimum Gasteiger partial charge on any atom is -0.484 e. The molecular weight excluding hydrogens is 206 g/mol. The van der Waals surface area contributed by atoms with Crippen LogP contribution in [-0.2, 0) is 11.2 Å². The molecule has 0 spiro atoms. The zero-order chi connectivity index (χ0) is 11.4. The molecule has 0 unspecified atom stereocenters. The SMILES string of the molecule is COC(=N)CCc1cn[nH]c1-c1ccoc1. The Hall–Kier alpha value is -2.04. The van der Waals surface area contributed by atoms with Crippen molar-refractivity contribution in [1.29, 1.82) is 5.41 Å². The summed E-state index contributed by atoms with van der Waals surface area (Å²) in [6.07, 6.45) is 6.35. The van der Waals surface area contributed by atoms with Gasteiger partial charge in [-0.1, -0.05) is 0 Å². The third kappa shape index (κ3) is 2.13. The van der Waals surface area contributed by atoms with E-state index in [9.17, 15) is 0 Å². The van der Waals surface area contributed by atoms with Crippen LogP contribution >= 0.6 is 0 Å². The fourth-order valence-electron chi connectivity index (χ4n) is 1.51. The molecular formula is C11H13N3O2. The molecule has 0 saturated carbocycles. The first kappa shape index (κ1) is 10.5. The number of rotatable bonds is 4. The summed E-state index contributed by atoms with van der Waals surface area (Å²) in [7, 11) is 1.51. The van der Waals surface area contributed by atoms with Crippen molar-refractivity contribution in [3.8, 4) is 11.3 Å². The molecule has 0 radical (unpaired) electrons. The van der Waals surface area contributed by atoms with E-state index >= 15 is 0 Å². The Bertz CT molecular complexity index is 459. The quantitative estimate of drug-likeness (QED) is 0.611. The summed E-state index contributed by atoms with van der Waals surface area (Å²) in [5.74, 6) is 0.277. The monoisotopic (exact) mass is 219 g/mol. The fraction of sp³-hybridized carbons (Fsp3) is 0.273. The molecule has 0 aliphatic heterocycles. The number of furan rings is 1. The highest BCUT2D eigenvalue weighted by molar-refractivity contribution is 5.73. The Morgan fingerprint density at radius 1 is 1.62 bits per heavy atom. The lowest BCUT2D eigenvalue weighted by Gasteiger charge is -2.02. The van der Waals surface area contributed by atoms with Gasteiger partial charge in [-0.05, 0) is 18.1 Å². The number of methoxy groups -OCH3 is 1. The zero-order valence-corrected chi connectivity index (χ0v) is 8.99. The predicted molar refractivity (Wildman–Crippen MR) is 59.3 cm³/mol. The fourth-order valence-corrected chi connectivity index (χ4v) is 1.51. The molecule has 0 aliphatic carbocycles. The van der Waals surface area contributed by atoms with E-state index in [4.69, 9.17) is 14.6 Å². The normalized spacial score (nSPS) is 10.3. The molecule has 0 aromatic carbocycles. The molecule has 0 aliphatic rings. The van der Waals surface area contributed by atoms with E-state index in [1.807, 2.05) is 6.07 Å². The second-order valence-corrected chi connectivity index (χ2v) is 3.41. The smallest absolute Gasteiger partial charge is 0.180 e.